The summed E-state index contributed by atoms with van der Waals surface area (Å²) in [6.45, 7) is 3.33. The summed E-state index contributed by atoms with van der Waals surface area (Å²) in [5, 5.41) is 0. The largest absolute Gasteiger partial charge is 1.00 e. The molecule has 1 aliphatic heterocycles. The van der Waals surface area contributed by atoms with Crippen molar-refractivity contribution in [3.05, 3.63) is 0 Å². The first kappa shape index (κ1) is 15.8. The van der Waals surface area contributed by atoms with Gasteiger partial charge in [-0.25, -0.2) is 13.1 Å². The molecule has 1 aliphatic rings. The maximum absolute atomic E-state index is 10.2. The number of rotatable bonds is 5. The molecule has 0 spiro atoms. The summed E-state index contributed by atoms with van der Waals surface area (Å²) in [5.74, 6) is 0. The summed E-state index contributed by atoms with van der Waals surface area (Å²) in [5.41, 5.74) is 0. The standard InChI is InChI=1S/C8H18N2O3S.Na/c11-14(12,13)9-5-4-8-10-6-2-1-3-7-10;/h9H,1-8H2,(H,11,12,13);/q;+1/p-1. The molecule has 0 aromatic carbocycles. The first-order valence-electron chi connectivity index (χ1n) is 5.01. The Kier molecular flexibility index (Phi) is 8.44. The van der Waals surface area contributed by atoms with Crippen molar-refractivity contribution in [2.45, 2.75) is 25.7 Å². The molecule has 1 rings (SSSR count). The Morgan fingerprint density at radius 3 is 2.33 bits per heavy atom. The maximum atomic E-state index is 10.2. The van der Waals surface area contributed by atoms with Crippen LogP contribution in [-0.4, -0.2) is 44.0 Å². The summed E-state index contributed by atoms with van der Waals surface area (Å²) in [6, 6.07) is 0. The molecule has 84 valence electrons. The van der Waals surface area contributed by atoms with E-state index in [2.05, 4.69) is 4.90 Å². The monoisotopic (exact) mass is 244 g/mol. The molecule has 7 heteroatoms. The van der Waals surface area contributed by atoms with E-state index in [0.29, 0.717) is 6.42 Å². The predicted octanol–water partition coefficient (Wildman–Crippen LogP) is -3.08. The molecule has 0 aromatic rings. The maximum Gasteiger partial charge on any atom is 1.00 e. The van der Waals surface area contributed by atoms with Gasteiger partial charge in [0.25, 0.3) is 0 Å². The van der Waals surface area contributed by atoms with Gasteiger partial charge < -0.3 is 9.45 Å². The van der Waals surface area contributed by atoms with Gasteiger partial charge in [-0.15, -0.1) is 0 Å². The van der Waals surface area contributed by atoms with Crippen molar-refractivity contribution in [1.29, 1.82) is 0 Å². The number of likely N-dealkylation sites (tertiary alicyclic amines) is 1. The third kappa shape index (κ3) is 8.62. The van der Waals surface area contributed by atoms with Crippen molar-refractivity contribution in [2.24, 2.45) is 0 Å². The van der Waals surface area contributed by atoms with Crippen molar-refractivity contribution in [1.82, 2.24) is 9.62 Å². The third-order valence-corrected chi connectivity index (χ3v) is 2.94. The topological polar surface area (TPSA) is 72.5 Å². The summed E-state index contributed by atoms with van der Waals surface area (Å²) < 4.78 is 32.6. The van der Waals surface area contributed by atoms with E-state index in [1.165, 1.54) is 19.3 Å². The molecule has 15 heavy (non-hydrogen) atoms. The zero-order chi connectivity index (χ0) is 10.4. The number of nitrogens with zero attached hydrogens (tertiary/aromatic N) is 1. The van der Waals surface area contributed by atoms with E-state index in [1.807, 2.05) is 4.72 Å². The van der Waals surface area contributed by atoms with Crippen molar-refractivity contribution in [3.8, 4) is 0 Å². The molecule has 0 atom stereocenters. The molecule has 0 bridgehead atoms. The van der Waals surface area contributed by atoms with E-state index in [-0.39, 0.29) is 36.1 Å². The van der Waals surface area contributed by atoms with Gasteiger partial charge in [-0.1, -0.05) is 6.42 Å². The Morgan fingerprint density at radius 1 is 1.20 bits per heavy atom. The minimum absolute atomic E-state index is 0. The predicted molar refractivity (Wildman–Crippen MR) is 52.6 cm³/mol. The van der Waals surface area contributed by atoms with Gasteiger partial charge in [0.05, 0.1) is 0 Å². The zero-order valence-corrected chi connectivity index (χ0v) is 12.1. The normalized spacial score (nSPS) is 18.5. The Bertz CT molecular complexity index is 253. The number of hydrogen-bond acceptors (Lipinski definition) is 4. The van der Waals surface area contributed by atoms with Crippen LogP contribution >= 0.6 is 0 Å². The second kappa shape index (κ2) is 8.00. The Morgan fingerprint density at radius 2 is 1.80 bits per heavy atom. The molecule has 1 fully saturated rings. The Hall–Kier alpha value is 0.830. The Balaban J connectivity index is 0.00000196. The van der Waals surface area contributed by atoms with Crippen LogP contribution in [0.3, 0.4) is 0 Å². The van der Waals surface area contributed by atoms with E-state index in [1.54, 1.807) is 0 Å². The van der Waals surface area contributed by atoms with E-state index in [4.69, 9.17) is 0 Å². The van der Waals surface area contributed by atoms with Gasteiger partial charge in [0.2, 0.25) is 0 Å². The molecule has 0 amide bonds. The third-order valence-electron chi connectivity index (χ3n) is 2.38. The first-order valence-corrected chi connectivity index (χ1v) is 6.41. The van der Waals surface area contributed by atoms with Gasteiger partial charge in [0.15, 0.2) is 10.3 Å². The summed E-state index contributed by atoms with van der Waals surface area (Å²) >= 11 is 0. The van der Waals surface area contributed by atoms with Gasteiger partial charge in [-0.05, 0) is 38.9 Å². The quantitative estimate of drug-likeness (QED) is 0.316. The van der Waals surface area contributed by atoms with Crippen LogP contribution in [0.5, 0.6) is 0 Å². The van der Waals surface area contributed by atoms with Crippen LogP contribution in [0, 0.1) is 0 Å². The minimum atomic E-state index is -4.25. The summed E-state index contributed by atoms with van der Waals surface area (Å²) in [4.78, 5) is 2.31. The van der Waals surface area contributed by atoms with E-state index >= 15 is 0 Å². The molecule has 0 aliphatic carbocycles. The van der Waals surface area contributed by atoms with Gasteiger partial charge in [-0.3, -0.25) is 0 Å². The SMILES string of the molecule is O=S(=O)([O-])NCCCN1CCCCC1.[Na+]. The molecule has 0 radical (unpaired) electrons. The van der Waals surface area contributed by atoms with Crippen molar-refractivity contribution in [3.63, 3.8) is 0 Å². The smallest absolute Gasteiger partial charge is 0.735 e. The molecule has 1 saturated heterocycles. The molecular weight excluding hydrogens is 227 g/mol. The second-order valence-corrected chi connectivity index (χ2v) is 4.80. The van der Waals surface area contributed by atoms with Gasteiger partial charge in [0, 0.05) is 6.54 Å². The van der Waals surface area contributed by atoms with Crippen molar-refractivity contribution >= 4 is 10.3 Å². The fourth-order valence-corrected chi connectivity index (χ4v) is 2.08. The fraction of sp³-hybridized carbons (Fsp3) is 1.00. The van der Waals surface area contributed by atoms with E-state index < -0.39 is 10.3 Å². The van der Waals surface area contributed by atoms with Crippen LogP contribution in [0.4, 0.5) is 0 Å². The van der Waals surface area contributed by atoms with Crippen molar-refractivity contribution < 1.29 is 42.5 Å². The van der Waals surface area contributed by atoms with Crippen LogP contribution in [-0.2, 0) is 10.3 Å². The van der Waals surface area contributed by atoms with Gasteiger partial charge >= 0.3 is 29.6 Å². The molecule has 5 nitrogen and oxygen atoms in total. The number of hydrogen-bond donors (Lipinski definition) is 1. The van der Waals surface area contributed by atoms with Crippen LogP contribution in [0.2, 0.25) is 0 Å². The van der Waals surface area contributed by atoms with Gasteiger partial charge in [-0.2, -0.15) is 0 Å². The molecule has 1 heterocycles. The molecule has 0 aromatic heterocycles. The van der Waals surface area contributed by atoms with Crippen molar-refractivity contribution in [2.75, 3.05) is 26.2 Å². The minimum Gasteiger partial charge on any atom is -0.735 e. The zero-order valence-electron chi connectivity index (χ0n) is 9.24. The molecule has 0 unspecified atom stereocenters. The molecule has 0 saturated carbocycles. The van der Waals surface area contributed by atoms with E-state index in [9.17, 15) is 13.0 Å². The first-order chi connectivity index (χ1) is 6.58. The van der Waals surface area contributed by atoms with Gasteiger partial charge in [0.1, 0.15) is 0 Å². The second-order valence-electron chi connectivity index (χ2n) is 3.60. The van der Waals surface area contributed by atoms with Crippen LogP contribution in [0.1, 0.15) is 25.7 Å². The van der Waals surface area contributed by atoms with Crippen LogP contribution in [0.25, 0.3) is 0 Å². The molecule has 1 N–H and O–H groups in total. The molecular formula is C8H17N2NaO3S. The number of nitrogens with one attached hydrogen (secondary N) is 1. The van der Waals surface area contributed by atoms with Crippen LogP contribution in [0.15, 0.2) is 0 Å². The summed E-state index contributed by atoms with van der Waals surface area (Å²) in [7, 11) is -4.25. The summed E-state index contributed by atoms with van der Waals surface area (Å²) in [6.07, 6.45) is 4.46. The van der Waals surface area contributed by atoms with Crippen LogP contribution < -0.4 is 34.3 Å². The number of piperidine rings is 1. The Labute approximate surface area is 114 Å². The van der Waals surface area contributed by atoms with E-state index in [0.717, 1.165) is 19.6 Å². The average Bonchev–Trinajstić information content (AvgIpc) is 2.13. The average molecular weight is 244 g/mol. The fourth-order valence-electron chi connectivity index (χ4n) is 1.68.